The molecule has 0 unspecified atom stereocenters. The Hall–Kier alpha value is -2.87. The maximum atomic E-state index is 12.9. The van der Waals surface area contributed by atoms with E-state index >= 15 is 0 Å². The van der Waals surface area contributed by atoms with E-state index in [0.29, 0.717) is 30.3 Å². The van der Waals surface area contributed by atoms with E-state index in [-0.39, 0.29) is 18.4 Å². The smallest absolute Gasteiger partial charge is 0.253 e. The highest BCUT2D eigenvalue weighted by Gasteiger charge is 2.27. The second-order valence-electron chi connectivity index (χ2n) is 8.53. The van der Waals surface area contributed by atoms with Crippen LogP contribution in [-0.2, 0) is 21.2 Å². The van der Waals surface area contributed by atoms with E-state index in [1.807, 2.05) is 18.2 Å². The summed E-state index contributed by atoms with van der Waals surface area (Å²) < 4.78 is 25.9. The van der Waals surface area contributed by atoms with Crippen molar-refractivity contribution in [2.24, 2.45) is 5.92 Å². The molecular formula is C24H31N3O4S. The lowest BCUT2D eigenvalue weighted by Crippen LogP contribution is -2.46. The van der Waals surface area contributed by atoms with Gasteiger partial charge in [-0.05, 0) is 55.0 Å². The first-order valence-corrected chi connectivity index (χ1v) is 12.6. The number of amides is 2. The quantitative estimate of drug-likeness (QED) is 0.640. The van der Waals surface area contributed by atoms with Crippen molar-refractivity contribution in [2.75, 3.05) is 44.3 Å². The molecular weight excluding hydrogens is 426 g/mol. The van der Waals surface area contributed by atoms with Crippen molar-refractivity contribution in [3.8, 4) is 0 Å². The van der Waals surface area contributed by atoms with E-state index in [4.69, 9.17) is 0 Å². The maximum absolute atomic E-state index is 12.9. The standard InChI is InChI=1S/C24H31N3O4S/c1-25(2)24(29)21-9-11-22(12-10-21)27(32(3,30)31)18-23(28)26-15-13-20(14-16-26)17-19-7-5-4-6-8-19/h4-12,20H,13-18H2,1-3H3. The van der Waals surface area contributed by atoms with Gasteiger partial charge in [0.15, 0.2) is 0 Å². The third kappa shape index (κ3) is 6.09. The highest BCUT2D eigenvalue weighted by atomic mass is 32.2. The Labute approximate surface area is 190 Å². The van der Waals surface area contributed by atoms with Gasteiger partial charge in [0.25, 0.3) is 5.91 Å². The van der Waals surface area contributed by atoms with Crippen molar-refractivity contribution in [3.63, 3.8) is 0 Å². The van der Waals surface area contributed by atoms with Crippen molar-refractivity contribution in [3.05, 3.63) is 65.7 Å². The molecule has 2 aromatic rings. The number of sulfonamides is 1. The second kappa shape index (κ2) is 10.2. The summed E-state index contributed by atoms with van der Waals surface area (Å²) in [6, 6.07) is 16.6. The van der Waals surface area contributed by atoms with Crippen molar-refractivity contribution < 1.29 is 18.0 Å². The van der Waals surface area contributed by atoms with E-state index in [9.17, 15) is 18.0 Å². The van der Waals surface area contributed by atoms with Gasteiger partial charge in [0.1, 0.15) is 6.54 Å². The molecule has 0 radical (unpaired) electrons. The summed E-state index contributed by atoms with van der Waals surface area (Å²) in [5.74, 6) is 0.146. The van der Waals surface area contributed by atoms with Crippen molar-refractivity contribution in [1.29, 1.82) is 0 Å². The zero-order valence-corrected chi connectivity index (χ0v) is 19.7. The number of rotatable bonds is 7. The molecule has 8 heteroatoms. The van der Waals surface area contributed by atoms with Crippen LogP contribution in [0.1, 0.15) is 28.8 Å². The fourth-order valence-electron chi connectivity index (χ4n) is 3.99. The van der Waals surface area contributed by atoms with E-state index in [2.05, 4.69) is 12.1 Å². The molecule has 0 N–H and O–H groups in total. The molecule has 1 fully saturated rings. The van der Waals surface area contributed by atoms with Gasteiger partial charge < -0.3 is 9.80 Å². The Bertz CT molecular complexity index is 1030. The molecule has 3 rings (SSSR count). The Morgan fingerprint density at radius 1 is 0.969 bits per heavy atom. The number of anilines is 1. The number of piperidine rings is 1. The molecule has 1 aliphatic rings. The Balaban J connectivity index is 1.63. The van der Waals surface area contributed by atoms with Gasteiger partial charge in [-0.15, -0.1) is 0 Å². The SMILES string of the molecule is CN(C)C(=O)c1ccc(N(CC(=O)N2CCC(Cc3ccccc3)CC2)S(C)(=O)=O)cc1. The Kier molecular flexibility index (Phi) is 7.56. The number of hydrogen-bond donors (Lipinski definition) is 0. The first kappa shape index (κ1) is 23.8. The maximum Gasteiger partial charge on any atom is 0.253 e. The van der Waals surface area contributed by atoms with E-state index in [1.165, 1.54) is 10.5 Å². The molecule has 0 atom stereocenters. The fraction of sp³-hybridized carbons (Fsp3) is 0.417. The summed E-state index contributed by atoms with van der Waals surface area (Å²) in [4.78, 5) is 28.2. The highest BCUT2D eigenvalue weighted by Crippen LogP contribution is 2.23. The van der Waals surface area contributed by atoms with Gasteiger partial charge in [-0.1, -0.05) is 30.3 Å². The molecule has 32 heavy (non-hydrogen) atoms. The lowest BCUT2D eigenvalue weighted by atomic mass is 9.90. The Morgan fingerprint density at radius 2 is 1.56 bits per heavy atom. The summed E-state index contributed by atoms with van der Waals surface area (Å²) in [7, 11) is -0.355. The molecule has 0 aromatic heterocycles. The summed E-state index contributed by atoms with van der Waals surface area (Å²) in [6.07, 6.45) is 3.89. The third-order valence-corrected chi connectivity index (χ3v) is 6.96. The minimum Gasteiger partial charge on any atom is -0.345 e. The van der Waals surface area contributed by atoms with Crippen molar-refractivity contribution in [1.82, 2.24) is 9.80 Å². The Morgan fingerprint density at radius 3 is 2.09 bits per heavy atom. The number of benzene rings is 2. The molecule has 0 bridgehead atoms. The summed E-state index contributed by atoms with van der Waals surface area (Å²) in [6.45, 7) is 1.01. The monoisotopic (exact) mass is 457 g/mol. The van der Waals surface area contributed by atoms with Gasteiger partial charge in [0, 0.05) is 32.7 Å². The number of hydrogen-bond acceptors (Lipinski definition) is 4. The van der Waals surface area contributed by atoms with Crippen LogP contribution < -0.4 is 4.31 Å². The highest BCUT2D eigenvalue weighted by molar-refractivity contribution is 7.92. The molecule has 0 spiro atoms. The zero-order valence-electron chi connectivity index (χ0n) is 18.9. The van der Waals surface area contributed by atoms with Crippen LogP contribution in [0.3, 0.4) is 0 Å². The lowest BCUT2D eigenvalue weighted by Gasteiger charge is -2.33. The van der Waals surface area contributed by atoms with Crippen LogP contribution in [-0.4, -0.2) is 70.0 Å². The van der Waals surface area contributed by atoms with Crippen LogP contribution >= 0.6 is 0 Å². The average molecular weight is 458 g/mol. The normalized spacial score (nSPS) is 14.8. The fourth-order valence-corrected chi connectivity index (χ4v) is 4.83. The third-order valence-electron chi connectivity index (χ3n) is 5.82. The molecule has 1 aliphatic heterocycles. The van der Waals surface area contributed by atoms with Crippen LogP contribution in [0.5, 0.6) is 0 Å². The second-order valence-corrected chi connectivity index (χ2v) is 10.4. The largest absolute Gasteiger partial charge is 0.345 e. The summed E-state index contributed by atoms with van der Waals surface area (Å²) >= 11 is 0. The average Bonchev–Trinajstić information content (AvgIpc) is 2.77. The first-order chi connectivity index (χ1) is 15.1. The molecule has 2 aromatic carbocycles. The van der Waals surface area contributed by atoms with Gasteiger partial charge in [-0.2, -0.15) is 0 Å². The van der Waals surface area contributed by atoms with E-state index in [0.717, 1.165) is 29.8 Å². The minimum absolute atomic E-state index is 0.170. The van der Waals surface area contributed by atoms with Gasteiger partial charge in [-0.25, -0.2) is 8.42 Å². The first-order valence-electron chi connectivity index (χ1n) is 10.8. The van der Waals surface area contributed by atoms with Gasteiger partial charge in [-0.3, -0.25) is 13.9 Å². The molecule has 1 heterocycles. The number of likely N-dealkylation sites (tertiary alicyclic amines) is 1. The molecule has 1 saturated heterocycles. The number of carbonyl (C=O) groups excluding carboxylic acids is 2. The molecule has 0 saturated carbocycles. The van der Waals surface area contributed by atoms with Crippen molar-refractivity contribution >= 4 is 27.5 Å². The molecule has 0 aliphatic carbocycles. The lowest BCUT2D eigenvalue weighted by molar-refractivity contribution is -0.130. The van der Waals surface area contributed by atoms with E-state index in [1.54, 1.807) is 43.3 Å². The van der Waals surface area contributed by atoms with Gasteiger partial charge in [0.2, 0.25) is 15.9 Å². The predicted octanol–water partition coefficient (Wildman–Crippen LogP) is 2.64. The van der Waals surface area contributed by atoms with Gasteiger partial charge >= 0.3 is 0 Å². The molecule has 2 amide bonds. The van der Waals surface area contributed by atoms with E-state index < -0.39 is 10.0 Å². The van der Waals surface area contributed by atoms with Crippen LogP contribution in [0.4, 0.5) is 5.69 Å². The number of nitrogens with zero attached hydrogens (tertiary/aromatic N) is 3. The summed E-state index contributed by atoms with van der Waals surface area (Å²) in [5, 5.41) is 0. The minimum atomic E-state index is -3.66. The summed E-state index contributed by atoms with van der Waals surface area (Å²) in [5.41, 5.74) is 2.13. The molecule has 172 valence electrons. The van der Waals surface area contributed by atoms with Crippen LogP contribution in [0, 0.1) is 5.92 Å². The molecule has 7 nitrogen and oxygen atoms in total. The van der Waals surface area contributed by atoms with Crippen LogP contribution in [0.2, 0.25) is 0 Å². The van der Waals surface area contributed by atoms with Gasteiger partial charge in [0.05, 0.1) is 11.9 Å². The van der Waals surface area contributed by atoms with Crippen LogP contribution in [0.15, 0.2) is 54.6 Å². The van der Waals surface area contributed by atoms with Crippen molar-refractivity contribution in [2.45, 2.75) is 19.3 Å². The topological polar surface area (TPSA) is 78.0 Å². The number of carbonyl (C=O) groups is 2. The zero-order chi connectivity index (χ0) is 23.3. The predicted molar refractivity (Wildman–Crippen MR) is 126 cm³/mol. The van der Waals surface area contributed by atoms with Crippen LogP contribution in [0.25, 0.3) is 0 Å².